The van der Waals surface area contributed by atoms with Gasteiger partial charge in [-0.15, -0.1) is 0 Å². The molecule has 2 rings (SSSR count). The molecule has 0 radical (unpaired) electrons. The van der Waals surface area contributed by atoms with E-state index in [9.17, 15) is 5.11 Å². The molecule has 0 atom stereocenters. The Morgan fingerprint density at radius 1 is 1.17 bits per heavy atom. The number of methoxy groups -OCH3 is 1. The van der Waals surface area contributed by atoms with Crippen molar-refractivity contribution in [1.82, 2.24) is 9.97 Å². The van der Waals surface area contributed by atoms with Crippen LogP contribution in [0.2, 0.25) is 0 Å². The molecule has 1 aromatic carbocycles. The van der Waals surface area contributed by atoms with Crippen LogP contribution in [0.25, 0.3) is 11.3 Å². The number of ether oxygens (including phenoxy) is 3. The molecule has 0 aliphatic rings. The van der Waals surface area contributed by atoms with Gasteiger partial charge < -0.3 is 24.3 Å². The highest BCUT2D eigenvalue weighted by atomic mass is 32.2. The molecule has 7 heteroatoms. The highest BCUT2D eigenvalue weighted by Gasteiger charge is 2.08. The zero-order valence-corrected chi connectivity index (χ0v) is 14.7. The van der Waals surface area contributed by atoms with Crippen LogP contribution in [0.15, 0.2) is 35.6 Å². The summed E-state index contributed by atoms with van der Waals surface area (Å²) < 4.78 is 15.5. The molecule has 0 aliphatic heterocycles. The van der Waals surface area contributed by atoms with Gasteiger partial charge in [-0.1, -0.05) is 36.0 Å². The largest absolute Gasteiger partial charge is 0.392 e. The molecule has 2 aromatic rings. The Morgan fingerprint density at radius 2 is 2.00 bits per heavy atom. The van der Waals surface area contributed by atoms with Crippen molar-refractivity contribution < 1.29 is 19.3 Å². The van der Waals surface area contributed by atoms with Gasteiger partial charge in [0.15, 0.2) is 5.16 Å². The van der Waals surface area contributed by atoms with Crippen molar-refractivity contribution in [3.05, 3.63) is 36.0 Å². The third-order valence-corrected chi connectivity index (χ3v) is 4.26. The van der Waals surface area contributed by atoms with Gasteiger partial charge in [0.2, 0.25) is 0 Å². The molecule has 1 aromatic heterocycles. The Kier molecular flexibility index (Phi) is 8.86. The monoisotopic (exact) mass is 352 g/mol. The third kappa shape index (κ3) is 6.26. The number of benzene rings is 1. The quantitative estimate of drug-likeness (QED) is 0.347. The van der Waals surface area contributed by atoms with Crippen LogP contribution in [-0.4, -0.2) is 54.6 Å². The number of aromatic nitrogens is 2. The minimum absolute atomic E-state index is 0.00923. The van der Waals surface area contributed by atoms with Crippen LogP contribution in [0, 0.1) is 0 Å². The summed E-state index contributed by atoms with van der Waals surface area (Å²) >= 11 is 1.65. The van der Waals surface area contributed by atoms with Crippen molar-refractivity contribution in [3.8, 4) is 11.3 Å². The van der Waals surface area contributed by atoms with E-state index in [1.54, 1.807) is 18.9 Å². The molecular weight excluding hydrogens is 328 g/mol. The molecule has 6 nitrogen and oxygen atoms in total. The lowest BCUT2D eigenvalue weighted by molar-refractivity contribution is -0.0651. The fourth-order valence-electron chi connectivity index (χ4n) is 2.07. The van der Waals surface area contributed by atoms with E-state index in [4.69, 9.17) is 14.2 Å². The summed E-state index contributed by atoms with van der Waals surface area (Å²) in [6.45, 7) is 2.10. The summed E-state index contributed by atoms with van der Waals surface area (Å²) in [5, 5.41) is 10.3. The highest BCUT2D eigenvalue weighted by molar-refractivity contribution is 7.99. The van der Waals surface area contributed by atoms with E-state index in [1.165, 1.54) is 0 Å². The van der Waals surface area contributed by atoms with Crippen molar-refractivity contribution in [2.24, 2.45) is 0 Å². The lowest BCUT2D eigenvalue weighted by Gasteiger charge is -2.05. The number of imidazole rings is 1. The molecule has 0 amide bonds. The maximum Gasteiger partial charge on any atom is 0.165 e. The second kappa shape index (κ2) is 11.2. The van der Waals surface area contributed by atoms with Gasteiger partial charge in [-0.05, 0) is 12.0 Å². The van der Waals surface area contributed by atoms with Gasteiger partial charge in [0.25, 0.3) is 0 Å². The van der Waals surface area contributed by atoms with Gasteiger partial charge in [0, 0.05) is 24.6 Å². The van der Waals surface area contributed by atoms with Crippen molar-refractivity contribution in [2.75, 3.05) is 39.5 Å². The number of aromatic amines is 1. The van der Waals surface area contributed by atoms with Crippen molar-refractivity contribution in [3.63, 3.8) is 0 Å². The lowest BCUT2D eigenvalue weighted by Crippen LogP contribution is -2.06. The van der Waals surface area contributed by atoms with Gasteiger partial charge in [0.05, 0.1) is 32.1 Å². The number of aliphatic hydroxyl groups excluding tert-OH is 1. The standard InChI is InChI=1S/C17H24N2O4S/c1-21-8-9-23-13-22-7-4-10-24-17-18-11-16(19-17)15-6-3-2-5-14(15)12-20/h2-3,5-6,11,20H,4,7-10,12-13H2,1H3,(H,18,19). The average Bonchev–Trinajstić information content (AvgIpc) is 3.09. The SMILES string of the molecule is COCCOCOCCCSc1nc(-c2ccccc2CO)c[nH]1. The number of nitrogens with one attached hydrogen (secondary N) is 1. The predicted molar refractivity (Wildman–Crippen MR) is 93.9 cm³/mol. The molecule has 0 unspecified atom stereocenters. The first-order valence-corrected chi connectivity index (χ1v) is 8.85. The summed E-state index contributed by atoms with van der Waals surface area (Å²) in [6.07, 6.45) is 2.79. The number of thioether (sulfide) groups is 1. The Balaban J connectivity index is 1.67. The van der Waals surface area contributed by atoms with Crippen LogP contribution in [0.1, 0.15) is 12.0 Å². The fraction of sp³-hybridized carbons (Fsp3) is 0.471. The van der Waals surface area contributed by atoms with E-state index < -0.39 is 0 Å². The van der Waals surface area contributed by atoms with Gasteiger partial charge in [0.1, 0.15) is 6.79 Å². The number of rotatable bonds is 12. The summed E-state index contributed by atoms with van der Waals surface area (Å²) in [5.41, 5.74) is 2.69. The van der Waals surface area contributed by atoms with Gasteiger partial charge in [-0.3, -0.25) is 0 Å². The van der Waals surface area contributed by atoms with E-state index in [0.29, 0.717) is 26.6 Å². The molecule has 2 N–H and O–H groups in total. The van der Waals surface area contributed by atoms with Gasteiger partial charge in [-0.2, -0.15) is 0 Å². The second-order valence-electron chi connectivity index (χ2n) is 5.04. The van der Waals surface area contributed by atoms with Crippen LogP contribution in [0.3, 0.4) is 0 Å². The zero-order valence-electron chi connectivity index (χ0n) is 13.9. The number of hydrogen-bond acceptors (Lipinski definition) is 6. The molecule has 132 valence electrons. The first kappa shape index (κ1) is 19.0. The molecule has 0 aliphatic carbocycles. The summed E-state index contributed by atoms with van der Waals surface area (Å²) in [6, 6.07) is 7.73. The van der Waals surface area contributed by atoms with Crippen molar-refractivity contribution >= 4 is 11.8 Å². The minimum atomic E-state index is 0.00923. The van der Waals surface area contributed by atoms with E-state index in [-0.39, 0.29) is 6.61 Å². The van der Waals surface area contributed by atoms with Crippen molar-refractivity contribution in [2.45, 2.75) is 18.2 Å². The molecule has 0 saturated carbocycles. The Morgan fingerprint density at radius 3 is 2.83 bits per heavy atom. The summed E-state index contributed by atoms with van der Waals surface area (Å²) in [5.74, 6) is 0.909. The van der Waals surface area contributed by atoms with Crippen LogP contribution < -0.4 is 0 Å². The number of hydrogen-bond donors (Lipinski definition) is 2. The smallest absolute Gasteiger partial charge is 0.165 e. The number of aliphatic hydroxyl groups is 1. The van der Waals surface area contributed by atoms with E-state index in [1.807, 2.05) is 30.5 Å². The normalized spacial score (nSPS) is 11.1. The molecular formula is C17H24N2O4S. The Bertz CT molecular complexity index is 591. The summed E-state index contributed by atoms with van der Waals surface area (Å²) in [4.78, 5) is 7.75. The fourth-order valence-corrected chi connectivity index (χ4v) is 2.83. The molecule has 1 heterocycles. The zero-order chi connectivity index (χ0) is 17.0. The summed E-state index contributed by atoms with van der Waals surface area (Å²) in [7, 11) is 1.64. The van der Waals surface area contributed by atoms with Gasteiger partial charge in [-0.25, -0.2) is 4.98 Å². The van der Waals surface area contributed by atoms with Crippen LogP contribution in [0.4, 0.5) is 0 Å². The van der Waals surface area contributed by atoms with Crippen LogP contribution in [-0.2, 0) is 20.8 Å². The molecule has 0 bridgehead atoms. The van der Waals surface area contributed by atoms with Crippen LogP contribution >= 0.6 is 11.8 Å². The average molecular weight is 352 g/mol. The molecule has 0 saturated heterocycles. The molecule has 0 fully saturated rings. The first-order chi connectivity index (χ1) is 11.8. The van der Waals surface area contributed by atoms with E-state index >= 15 is 0 Å². The topological polar surface area (TPSA) is 76.6 Å². The van der Waals surface area contributed by atoms with Crippen molar-refractivity contribution in [1.29, 1.82) is 0 Å². The predicted octanol–water partition coefficient (Wildman–Crippen LogP) is 2.69. The maximum atomic E-state index is 9.40. The Hall–Kier alpha value is -1.38. The van der Waals surface area contributed by atoms with E-state index in [2.05, 4.69) is 9.97 Å². The lowest BCUT2D eigenvalue weighted by atomic mass is 10.1. The first-order valence-electron chi connectivity index (χ1n) is 7.87. The Labute approximate surface area is 146 Å². The molecule has 0 spiro atoms. The van der Waals surface area contributed by atoms with Crippen LogP contribution in [0.5, 0.6) is 0 Å². The van der Waals surface area contributed by atoms with E-state index in [0.717, 1.165) is 34.2 Å². The highest BCUT2D eigenvalue weighted by Crippen LogP contribution is 2.24. The minimum Gasteiger partial charge on any atom is -0.392 e. The maximum absolute atomic E-state index is 9.40. The third-order valence-electron chi connectivity index (χ3n) is 3.29. The number of nitrogens with zero attached hydrogens (tertiary/aromatic N) is 1. The molecule has 24 heavy (non-hydrogen) atoms. The number of H-pyrrole nitrogens is 1. The van der Waals surface area contributed by atoms with Gasteiger partial charge >= 0.3 is 0 Å². The second-order valence-corrected chi connectivity index (χ2v) is 6.12.